The van der Waals surface area contributed by atoms with Crippen LogP contribution in [0.3, 0.4) is 0 Å². The summed E-state index contributed by atoms with van der Waals surface area (Å²) in [7, 11) is 3.48. The zero-order valence-corrected chi connectivity index (χ0v) is 9.99. The second kappa shape index (κ2) is 6.63. The lowest BCUT2D eigenvalue weighted by atomic mass is 10.5. The molecule has 12 heavy (non-hydrogen) atoms. The molecule has 1 radical (unpaired) electrons. The molecule has 0 N–H and O–H groups in total. The van der Waals surface area contributed by atoms with Crippen LogP contribution in [0.1, 0.15) is 6.42 Å². The van der Waals surface area contributed by atoms with Crippen molar-refractivity contribution in [1.29, 1.82) is 0 Å². The van der Waals surface area contributed by atoms with Crippen LogP contribution < -0.4 is 0 Å². The maximum Gasteiger partial charge on any atom is 0.0656 e. The molecule has 0 aromatic rings. The van der Waals surface area contributed by atoms with E-state index < -0.39 is 8.80 Å². The van der Waals surface area contributed by atoms with E-state index in [4.69, 9.17) is 4.74 Å². The molecule has 0 fully saturated rings. The molecule has 1 atom stereocenters. The van der Waals surface area contributed by atoms with Gasteiger partial charge in [-0.05, 0) is 20.5 Å². The van der Waals surface area contributed by atoms with Gasteiger partial charge < -0.3 is 9.64 Å². The number of nitrogens with zero attached hydrogens (tertiary/aromatic N) is 1. The lowest BCUT2D eigenvalue weighted by Gasteiger charge is -2.20. The summed E-state index contributed by atoms with van der Waals surface area (Å²) in [5.74, 6) is 0. The molecule has 2 nitrogen and oxygen atoms in total. The van der Waals surface area contributed by atoms with E-state index in [1.54, 1.807) is 0 Å². The van der Waals surface area contributed by atoms with Gasteiger partial charge in [0.15, 0.2) is 0 Å². The normalized spacial score (nSPS) is 14.2. The fourth-order valence-corrected chi connectivity index (χ4v) is 2.18. The number of rotatable bonds is 6. The molecular weight excluding hydrogens is 166 g/mol. The lowest BCUT2D eigenvalue weighted by Crippen LogP contribution is -2.30. The largest absolute Gasteiger partial charge is 0.381 e. The number of hydrogen-bond donors (Lipinski definition) is 0. The number of ether oxygens (including phenoxy) is 1. The van der Waals surface area contributed by atoms with Crippen LogP contribution in [0.15, 0.2) is 0 Å². The Kier molecular flexibility index (Phi) is 6.71. The summed E-state index contributed by atoms with van der Waals surface area (Å²) in [6.07, 6.45) is 0.928. The average molecular weight is 188 g/mol. The Balaban J connectivity index is 3.45. The Morgan fingerprint density at radius 2 is 2.00 bits per heavy atom. The first-order valence-electron chi connectivity index (χ1n) is 4.63. The minimum Gasteiger partial charge on any atom is -0.381 e. The molecule has 0 spiro atoms. The van der Waals surface area contributed by atoms with Crippen molar-refractivity contribution in [2.75, 3.05) is 27.2 Å². The fourth-order valence-electron chi connectivity index (χ4n) is 0.996. The Hall–Kier alpha value is 0.137. The van der Waals surface area contributed by atoms with Crippen molar-refractivity contribution < 1.29 is 4.74 Å². The highest BCUT2D eigenvalue weighted by molar-refractivity contribution is 6.57. The highest BCUT2D eigenvalue weighted by atomic mass is 28.3. The first kappa shape index (κ1) is 12.1. The van der Waals surface area contributed by atoms with Crippen molar-refractivity contribution in [3.63, 3.8) is 0 Å². The number of hydrogen-bond acceptors (Lipinski definition) is 2. The molecule has 0 amide bonds. The molecule has 0 saturated heterocycles. The van der Waals surface area contributed by atoms with Gasteiger partial charge >= 0.3 is 0 Å². The van der Waals surface area contributed by atoms with Gasteiger partial charge in [-0.3, -0.25) is 0 Å². The molecule has 73 valence electrons. The topological polar surface area (TPSA) is 12.5 Å². The third-order valence-corrected chi connectivity index (χ3v) is 3.91. The first-order chi connectivity index (χ1) is 5.57. The Morgan fingerprint density at radius 3 is 2.33 bits per heavy atom. The highest BCUT2D eigenvalue weighted by Gasteiger charge is 2.11. The Morgan fingerprint density at radius 1 is 1.42 bits per heavy atom. The predicted molar refractivity (Wildman–Crippen MR) is 57.1 cm³/mol. The number of likely N-dealkylation sites (N-methyl/N-ethyl adjacent to an activating group) is 1. The van der Waals surface area contributed by atoms with Crippen molar-refractivity contribution in [3.05, 3.63) is 6.92 Å². The van der Waals surface area contributed by atoms with E-state index in [1.165, 1.54) is 0 Å². The van der Waals surface area contributed by atoms with Gasteiger partial charge in [-0.1, -0.05) is 20.0 Å². The van der Waals surface area contributed by atoms with E-state index in [-0.39, 0.29) is 0 Å². The summed E-state index contributed by atoms with van der Waals surface area (Å²) in [6, 6.07) is 0. The zero-order chi connectivity index (χ0) is 9.56. The summed E-state index contributed by atoms with van der Waals surface area (Å²) >= 11 is 0. The van der Waals surface area contributed by atoms with Crippen LogP contribution in [0.4, 0.5) is 0 Å². The third kappa shape index (κ3) is 5.74. The summed E-state index contributed by atoms with van der Waals surface area (Å²) in [5.41, 5.74) is 0.463. The zero-order valence-electron chi connectivity index (χ0n) is 8.84. The van der Waals surface area contributed by atoms with E-state index in [1.807, 2.05) is 0 Å². The molecular formula is C9H22NOSi. The van der Waals surface area contributed by atoms with E-state index in [0.717, 1.165) is 19.6 Å². The smallest absolute Gasteiger partial charge is 0.0656 e. The molecule has 0 aliphatic heterocycles. The van der Waals surface area contributed by atoms with Crippen LogP contribution in [0, 0.1) is 6.92 Å². The lowest BCUT2D eigenvalue weighted by molar-refractivity contribution is 0.0905. The van der Waals surface area contributed by atoms with Crippen LogP contribution in [-0.4, -0.2) is 46.7 Å². The molecule has 1 unspecified atom stereocenters. The molecule has 0 aromatic carbocycles. The minimum atomic E-state index is -0.652. The van der Waals surface area contributed by atoms with E-state index in [0.29, 0.717) is 5.73 Å². The standard InChI is InChI=1S/C9H22NOSi/c1-6-9(12(4)5)11-8-7-10(2)3/h9,12H,1,6-8H2,2-5H3. The van der Waals surface area contributed by atoms with E-state index >= 15 is 0 Å². The van der Waals surface area contributed by atoms with Crippen molar-refractivity contribution in [2.45, 2.75) is 25.2 Å². The molecule has 0 saturated carbocycles. The second-order valence-electron chi connectivity index (χ2n) is 3.75. The third-order valence-electron chi connectivity index (χ3n) is 1.90. The van der Waals surface area contributed by atoms with Crippen LogP contribution in [0.2, 0.25) is 13.1 Å². The van der Waals surface area contributed by atoms with Gasteiger partial charge in [0.2, 0.25) is 0 Å². The van der Waals surface area contributed by atoms with Gasteiger partial charge in [-0.25, -0.2) is 0 Å². The summed E-state index contributed by atoms with van der Waals surface area (Å²) in [6.45, 7) is 10.4. The van der Waals surface area contributed by atoms with Crippen molar-refractivity contribution in [3.8, 4) is 0 Å². The van der Waals surface area contributed by atoms with Crippen LogP contribution in [0.5, 0.6) is 0 Å². The molecule has 3 heteroatoms. The van der Waals surface area contributed by atoms with Crippen molar-refractivity contribution in [1.82, 2.24) is 4.90 Å². The second-order valence-corrected chi connectivity index (χ2v) is 6.98. The average Bonchev–Trinajstić information content (AvgIpc) is 1.96. The first-order valence-corrected chi connectivity index (χ1v) is 7.61. The summed E-state index contributed by atoms with van der Waals surface area (Å²) in [5, 5.41) is 0. The van der Waals surface area contributed by atoms with Crippen molar-refractivity contribution in [2.24, 2.45) is 0 Å². The van der Waals surface area contributed by atoms with Gasteiger partial charge in [-0.2, -0.15) is 0 Å². The van der Waals surface area contributed by atoms with Gasteiger partial charge in [0.05, 0.1) is 15.4 Å². The van der Waals surface area contributed by atoms with Crippen LogP contribution in [0.25, 0.3) is 0 Å². The Labute approximate surface area is 78.5 Å². The highest BCUT2D eigenvalue weighted by Crippen LogP contribution is 2.02. The molecule has 0 aliphatic carbocycles. The van der Waals surface area contributed by atoms with E-state index in [9.17, 15) is 0 Å². The quantitative estimate of drug-likeness (QED) is 0.581. The molecule has 0 aliphatic rings. The molecule has 0 heterocycles. The minimum absolute atomic E-state index is 0.463. The maximum absolute atomic E-state index is 5.72. The van der Waals surface area contributed by atoms with Gasteiger partial charge in [0, 0.05) is 12.3 Å². The SMILES string of the molecule is [CH2]CC(OCCN(C)C)[SiH](C)C. The maximum atomic E-state index is 5.72. The predicted octanol–water partition coefficient (Wildman–Crippen LogP) is 1.18. The Bertz CT molecular complexity index is 107. The van der Waals surface area contributed by atoms with Gasteiger partial charge in [0.1, 0.15) is 0 Å². The van der Waals surface area contributed by atoms with E-state index in [2.05, 4.69) is 39.0 Å². The molecule has 0 rings (SSSR count). The summed E-state index contributed by atoms with van der Waals surface area (Å²) in [4.78, 5) is 2.14. The van der Waals surface area contributed by atoms with Gasteiger partial charge in [-0.15, -0.1) is 0 Å². The summed E-state index contributed by atoms with van der Waals surface area (Å²) < 4.78 is 5.72. The fraction of sp³-hybridized carbons (Fsp3) is 0.889. The van der Waals surface area contributed by atoms with Crippen molar-refractivity contribution >= 4 is 8.80 Å². The van der Waals surface area contributed by atoms with Crippen LogP contribution >= 0.6 is 0 Å². The van der Waals surface area contributed by atoms with Crippen LogP contribution in [-0.2, 0) is 4.74 Å². The molecule has 0 aromatic heterocycles. The monoisotopic (exact) mass is 188 g/mol. The molecule has 0 bridgehead atoms. The van der Waals surface area contributed by atoms with Gasteiger partial charge in [0.25, 0.3) is 0 Å².